The van der Waals surface area contributed by atoms with Crippen LogP contribution in [0.3, 0.4) is 0 Å². The molecule has 0 fully saturated rings. The van der Waals surface area contributed by atoms with E-state index in [9.17, 15) is 9.59 Å². The van der Waals surface area contributed by atoms with Gasteiger partial charge in [-0.15, -0.1) is 0 Å². The van der Waals surface area contributed by atoms with Crippen molar-refractivity contribution >= 4 is 29.3 Å². The van der Waals surface area contributed by atoms with Gasteiger partial charge in [-0.25, -0.2) is 4.99 Å². The molecule has 0 unspecified atom stereocenters. The lowest BCUT2D eigenvalue weighted by Gasteiger charge is -2.22. The van der Waals surface area contributed by atoms with Crippen molar-refractivity contribution in [1.29, 1.82) is 0 Å². The van der Waals surface area contributed by atoms with Crippen LogP contribution in [0, 0.1) is 0 Å². The summed E-state index contributed by atoms with van der Waals surface area (Å²) in [4.78, 5) is 31.1. The van der Waals surface area contributed by atoms with Crippen molar-refractivity contribution in [2.75, 3.05) is 13.1 Å². The van der Waals surface area contributed by atoms with Crippen LogP contribution in [0.1, 0.15) is 51.2 Å². The number of fused-ring (bicyclic) bond motifs is 1. The molecule has 0 atom stereocenters. The van der Waals surface area contributed by atoms with E-state index in [1.54, 1.807) is 6.92 Å². The molecule has 3 rings (SSSR count). The van der Waals surface area contributed by atoms with Crippen molar-refractivity contribution in [2.45, 2.75) is 46.5 Å². The minimum atomic E-state index is 0.0377. The van der Waals surface area contributed by atoms with E-state index in [1.807, 2.05) is 53.4 Å². The first-order chi connectivity index (χ1) is 14.9. The summed E-state index contributed by atoms with van der Waals surface area (Å²) in [5.41, 5.74) is 11.5. The highest BCUT2D eigenvalue weighted by atomic mass is 16.2. The summed E-state index contributed by atoms with van der Waals surface area (Å²) in [5, 5.41) is 0. The van der Waals surface area contributed by atoms with Gasteiger partial charge in [0.05, 0.1) is 5.69 Å². The fourth-order valence-electron chi connectivity index (χ4n) is 3.91. The predicted octanol–water partition coefficient (Wildman–Crippen LogP) is 4.91. The van der Waals surface area contributed by atoms with Crippen molar-refractivity contribution in [3.8, 4) is 11.1 Å². The molecule has 1 aliphatic heterocycles. The molecule has 1 amide bonds. The molecule has 1 heterocycles. The Bertz CT molecular complexity index is 1030. The molecule has 2 aromatic rings. The second kappa shape index (κ2) is 10.2. The number of Topliss-reactive ketones (excluding diaryl/α,β-unsaturated/α-hetero) is 1. The van der Waals surface area contributed by atoms with E-state index in [1.165, 1.54) is 0 Å². The first-order valence-electron chi connectivity index (χ1n) is 11.0. The molecule has 2 aromatic carbocycles. The molecular formula is C26H31N3O2. The van der Waals surface area contributed by atoms with Crippen LogP contribution in [0.5, 0.6) is 0 Å². The van der Waals surface area contributed by atoms with E-state index in [-0.39, 0.29) is 11.7 Å². The van der Waals surface area contributed by atoms with E-state index in [0.717, 1.165) is 53.9 Å². The average molecular weight is 418 g/mol. The maximum absolute atomic E-state index is 13.1. The van der Waals surface area contributed by atoms with Gasteiger partial charge in [0.1, 0.15) is 11.6 Å². The Hall–Kier alpha value is -3.21. The summed E-state index contributed by atoms with van der Waals surface area (Å²) in [6.45, 7) is 7.23. The van der Waals surface area contributed by atoms with Crippen LogP contribution in [-0.4, -0.2) is 35.5 Å². The lowest BCUT2D eigenvalue weighted by molar-refractivity contribution is -0.127. The zero-order valence-electron chi connectivity index (χ0n) is 18.6. The van der Waals surface area contributed by atoms with E-state index < -0.39 is 0 Å². The molecule has 162 valence electrons. The van der Waals surface area contributed by atoms with Crippen LogP contribution in [0.15, 0.2) is 53.0 Å². The summed E-state index contributed by atoms with van der Waals surface area (Å²) < 4.78 is 0. The predicted molar refractivity (Wildman–Crippen MR) is 127 cm³/mol. The molecule has 5 nitrogen and oxygen atoms in total. The first-order valence-corrected chi connectivity index (χ1v) is 11.0. The molecule has 0 saturated carbocycles. The summed E-state index contributed by atoms with van der Waals surface area (Å²) >= 11 is 0. The Balaban J connectivity index is 1.95. The summed E-state index contributed by atoms with van der Waals surface area (Å²) in [6, 6.07) is 14.0. The maximum Gasteiger partial charge on any atom is 0.250 e. The summed E-state index contributed by atoms with van der Waals surface area (Å²) in [7, 11) is 0. The number of hydrogen-bond donors (Lipinski definition) is 1. The highest BCUT2D eigenvalue weighted by Crippen LogP contribution is 2.32. The van der Waals surface area contributed by atoms with E-state index in [2.05, 4.69) is 18.8 Å². The quantitative estimate of drug-likeness (QED) is 0.663. The molecule has 0 aliphatic carbocycles. The Morgan fingerprint density at radius 3 is 2.42 bits per heavy atom. The van der Waals surface area contributed by atoms with Crippen LogP contribution < -0.4 is 5.73 Å². The number of rotatable bonds is 8. The molecule has 0 aromatic heterocycles. The standard InChI is InChI=1S/C26H31N3O2/c1-4-11-29(12-5-2)26(31)23-15-22-10-9-21(16-24(22)28-25(27)17-23)20-8-6-7-19(14-20)13-18(3)30/h6-10,14-16H,4-5,11-13,17H2,1-3H3,(H2,27,28). The SMILES string of the molecule is CCCN(CCC)C(=O)C1=Cc2ccc(-c3cccc(CC(C)=O)c3)cc2N=C(N)C1. The molecule has 0 radical (unpaired) electrons. The number of amides is 1. The summed E-state index contributed by atoms with van der Waals surface area (Å²) in [6.07, 6.45) is 4.54. The Morgan fingerprint density at radius 1 is 1.03 bits per heavy atom. The number of benzene rings is 2. The minimum Gasteiger partial charge on any atom is -0.387 e. The molecular weight excluding hydrogens is 386 g/mol. The van der Waals surface area contributed by atoms with Crippen LogP contribution >= 0.6 is 0 Å². The molecule has 0 saturated heterocycles. The Labute approximate surface area is 184 Å². The third kappa shape index (κ3) is 5.69. The van der Waals surface area contributed by atoms with Gasteiger partial charge in [-0.2, -0.15) is 0 Å². The fraction of sp³-hybridized carbons (Fsp3) is 0.346. The molecule has 5 heteroatoms. The summed E-state index contributed by atoms with van der Waals surface area (Å²) in [5.74, 6) is 0.614. The van der Waals surface area contributed by atoms with Crippen molar-refractivity contribution in [1.82, 2.24) is 4.90 Å². The smallest absolute Gasteiger partial charge is 0.250 e. The lowest BCUT2D eigenvalue weighted by Crippen LogP contribution is -2.34. The van der Waals surface area contributed by atoms with Crippen LogP contribution in [0.4, 0.5) is 5.69 Å². The largest absolute Gasteiger partial charge is 0.387 e. The second-order valence-corrected chi connectivity index (χ2v) is 8.09. The van der Waals surface area contributed by atoms with Gasteiger partial charge in [-0.1, -0.05) is 50.2 Å². The van der Waals surface area contributed by atoms with Gasteiger partial charge < -0.3 is 10.6 Å². The average Bonchev–Trinajstić information content (AvgIpc) is 2.90. The number of nitrogens with zero attached hydrogens (tertiary/aromatic N) is 2. The molecule has 0 spiro atoms. The van der Waals surface area contributed by atoms with Crippen molar-refractivity contribution in [2.24, 2.45) is 10.7 Å². The number of hydrogen-bond acceptors (Lipinski definition) is 4. The number of carbonyl (C=O) groups is 2. The number of amidine groups is 1. The number of aliphatic imine (C=N–C) groups is 1. The fourth-order valence-corrected chi connectivity index (χ4v) is 3.91. The highest BCUT2D eigenvalue weighted by molar-refractivity contribution is 6.05. The van der Waals surface area contributed by atoms with Crippen molar-refractivity contribution in [3.05, 3.63) is 59.2 Å². The lowest BCUT2D eigenvalue weighted by atomic mass is 9.98. The van der Waals surface area contributed by atoms with Gasteiger partial charge in [0.15, 0.2) is 0 Å². The monoisotopic (exact) mass is 417 g/mol. The first kappa shape index (κ1) is 22.5. The van der Waals surface area contributed by atoms with Gasteiger partial charge >= 0.3 is 0 Å². The third-order valence-corrected chi connectivity index (χ3v) is 5.26. The zero-order chi connectivity index (χ0) is 22.4. The van der Waals surface area contributed by atoms with E-state index >= 15 is 0 Å². The van der Waals surface area contributed by atoms with Crippen molar-refractivity contribution < 1.29 is 9.59 Å². The van der Waals surface area contributed by atoms with Gasteiger partial charge in [0, 0.05) is 37.1 Å². The van der Waals surface area contributed by atoms with Crippen LogP contribution in [0.25, 0.3) is 17.2 Å². The zero-order valence-corrected chi connectivity index (χ0v) is 18.6. The highest BCUT2D eigenvalue weighted by Gasteiger charge is 2.21. The van der Waals surface area contributed by atoms with E-state index in [4.69, 9.17) is 5.73 Å². The van der Waals surface area contributed by atoms with Crippen molar-refractivity contribution in [3.63, 3.8) is 0 Å². The van der Waals surface area contributed by atoms with Crippen LogP contribution in [0.2, 0.25) is 0 Å². The molecule has 31 heavy (non-hydrogen) atoms. The van der Waals surface area contributed by atoms with Crippen LogP contribution in [-0.2, 0) is 16.0 Å². The Kier molecular flexibility index (Phi) is 7.40. The number of nitrogens with two attached hydrogens (primary N) is 1. The maximum atomic E-state index is 13.1. The number of ketones is 1. The second-order valence-electron chi connectivity index (χ2n) is 8.09. The van der Waals surface area contributed by atoms with Gasteiger partial charge in [0.25, 0.3) is 0 Å². The Morgan fingerprint density at radius 2 is 1.74 bits per heavy atom. The molecule has 2 N–H and O–H groups in total. The minimum absolute atomic E-state index is 0.0377. The van der Waals surface area contributed by atoms with E-state index in [0.29, 0.717) is 24.3 Å². The molecule has 1 aliphatic rings. The van der Waals surface area contributed by atoms with Gasteiger partial charge in [-0.3, -0.25) is 9.59 Å². The topological polar surface area (TPSA) is 75.8 Å². The third-order valence-electron chi connectivity index (χ3n) is 5.26. The van der Waals surface area contributed by atoms with Gasteiger partial charge in [-0.05, 0) is 48.6 Å². The number of carbonyl (C=O) groups excluding carboxylic acids is 2. The molecule has 0 bridgehead atoms. The van der Waals surface area contributed by atoms with Gasteiger partial charge in [0.2, 0.25) is 5.91 Å². The normalized spacial score (nSPS) is 13.0.